The summed E-state index contributed by atoms with van der Waals surface area (Å²) in [6.07, 6.45) is 3.60. The van der Waals surface area contributed by atoms with E-state index in [0.717, 1.165) is 11.4 Å². The molecule has 16 heavy (non-hydrogen) atoms. The van der Waals surface area contributed by atoms with E-state index in [9.17, 15) is 0 Å². The molecular weight excluding hydrogens is 200 g/mol. The molecule has 2 aromatic rings. The van der Waals surface area contributed by atoms with Gasteiger partial charge in [0.15, 0.2) is 0 Å². The summed E-state index contributed by atoms with van der Waals surface area (Å²) in [6, 6.07) is 6.23. The number of benzene rings is 1. The summed E-state index contributed by atoms with van der Waals surface area (Å²) in [5, 5.41) is 0. The van der Waals surface area contributed by atoms with Gasteiger partial charge in [-0.2, -0.15) is 0 Å². The van der Waals surface area contributed by atoms with Crippen molar-refractivity contribution in [3.05, 3.63) is 47.5 Å². The number of rotatable bonds is 3. The molecule has 84 valence electrons. The third-order valence-corrected chi connectivity index (χ3v) is 2.50. The molecule has 3 nitrogen and oxygen atoms in total. The van der Waals surface area contributed by atoms with E-state index in [-0.39, 0.29) is 0 Å². The largest absolute Gasteiger partial charge is 0.487 e. The van der Waals surface area contributed by atoms with Gasteiger partial charge in [0.2, 0.25) is 0 Å². The number of nitrogens with zero attached hydrogens (tertiary/aromatic N) is 2. The number of hydrogen-bond acceptors (Lipinski definition) is 2. The van der Waals surface area contributed by atoms with E-state index in [1.807, 2.05) is 29.9 Å². The van der Waals surface area contributed by atoms with Crippen molar-refractivity contribution >= 4 is 0 Å². The molecule has 0 N–H and O–H groups in total. The van der Waals surface area contributed by atoms with Gasteiger partial charge < -0.3 is 9.30 Å². The fraction of sp³-hybridized carbons (Fsp3) is 0.308. The molecule has 0 fully saturated rings. The quantitative estimate of drug-likeness (QED) is 0.788. The first-order valence-electron chi connectivity index (χ1n) is 5.31. The average Bonchev–Trinajstić information content (AvgIpc) is 2.59. The highest BCUT2D eigenvalue weighted by Crippen LogP contribution is 2.17. The molecule has 0 aliphatic heterocycles. The number of imidazole rings is 1. The molecule has 0 bridgehead atoms. The Morgan fingerprint density at radius 1 is 1.19 bits per heavy atom. The highest BCUT2D eigenvalue weighted by Gasteiger charge is 2.01. The Morgan fingerprint density at radius 2 is 1.88 bits per heavy atom. The molecule has 3 heteroatoms. The predicted molar refractivity (Wildman–Crippen MR) is 63.5 cm³/mol. The maximum absolute atomic E-state index is 5.73. The van der Waals surface area contributed by atoms with Crippen LogP contribution in [0.1, 0.15) is 16.8 Å². The molecule has 0 radical (unpaired) electrons. The second-order valence-electron chi connectivity index (χ2n) is 4.11. The Hall–Kier alpha value is -1.77. The fourth-order valence-corrected chi connectivity index (χ4v) is 1.70. The van der Waals surface area contributed by atoms with Gasteiger partial charge in [0.1, 0.15) is 12.4 Å². The van der Waals surface area contributed by atoms with Gasteiger partial charge in [-0.05, 0) is 37.1 Å². The summed E-state index contributed by atoms with van der Waals surface area (Å²) in [4.78, 5) is 4.05. The maximum Gasteiger partial charge on any atom is 0.130 e. The van der Waals surface area contributed by atoms with Gasteiger partial charge in [0, 0.05) is 7.05 Å². The summed E-state index contributed by atoms with van der Waals surface area (Å²) in [5.74, 6) is 0.915. The fourth-order valence-electron chi connectivity index (χ4n) is 1.70. The van der Waals surface area contributed by atoms with Gasteiger partial charge in [0.25, 0.3) is 0 Å². The van der Waals surface area contributed by atoms with Crippen molar-refractivity contribution in [3.8, 4) is 5.75 Å². The lowest BCUT2D eigenvalue weighted by atomic mass is 10.1. The molecule has 0 atom stereocenters. The van der Waals surface area contributed by atoms with Crippen LogP contribution in [0.15, 0.2) is 30.7 Å². The second kappa shape index (κ2) is 4.39. The van der Waals surface area contributed by atoms with Crippen LogP contribution in [0.5, 0.6) is 5.75 Å². The monoisotopic (exact) mass is 216 g/mol. The van der Waals surface area contributed by atoms with Crippen LogP contribution in [-0.2, 0) is 13.7 Å². The lowest BCUT2D eigenvalue weighted by Crippen LogP contribution is -2.01. The van der Waals surface area contributed by atoms with Crippen LogP contribution in [0.25, 0.3) is 0 Å². The Labute approximate surface area is 95.7 Å². The Kier molecular flexibility index (Phi) is 2.95. The lowest BCUT2D eigenvalue weighted by molar-refractivity contribution is 0.296. The van der Waals surface area contributed by atoms with Gasteiger partial charge in [0.05, 0.1) is 18.2 Å². The first-order valence-corrected chi connectivity index (χ1v) is 5.31. The van der Waals surface area contributed by atoms with Crippen LogP contribution in [-0.4, -0.2) is 9.55 Å². The number of aromatic nitrogens is 2. The minimum Gasteiger partial charge on any atom is -0.487 e. The topological polar surface area (TPSA) is 27.1 Å². The summed E-state index contributed by atoms with van der Waals surface area (Å²) in [7, 11) is 1.97. The van der Waals surface area contributed by atoms with Crippen molar-refractivity contribution in [1.29, 1.82) is 0 Å². The number of ether oxygens (including phenoxy) is 1. The highest BCUT2D eigenvalue weighted by atomic mass is 16.5. The SMILES string of the molecule is Cc1cc(C)cc(OCc2cncn2C)c1. The molecule has 1 heterocycles. The van der Waals surface area contributed by atoms with Crippen molar-refractivity contribution in [3.63, 3.8) is 0 Å². The summed E-state index contributed by atoms with van der Waals surface area (Å²) in [5.41, 5.74) is 3.51. The maximum atomic E-state index is 5.73. The Morgan fingerprint density at radius 3 is 2.44 bits per heavy atom. The van der Waals surface area contributed by atoms with E-state index >= 15 is 0 Å². The summed E-state index contributed by atoms with van der Waals surface area (Å²) in [6.45, 7) is 4.70. The number of aryl methyl sites for hydroxylation is 3. The van der Waals surface area contributed by atoms with Crippen LogP contribution in [0, 0.1) is 13.8 Å². The normalized spacial score (nSPS) is 10.4. The molecular formula is C13H16N2O. The van der Waals surface area contributed by atoms with Crippen LogP contribution in [0.2, 0.25) is 0 Å². The Balaban J connectivity index is 2.07. The zero-order valence-electron chi connectivity index (χ0n) is 9.90. The van der Waals surface area contributed by atoms with Crippen molar-refractivity contribution < 1.29 is 4.74 Å². The third-order valence-electron chi connectivity index (χ3n) is 2.50. The van der Waals surface area contributed by atoms with Crippen molar-refractivity contribution in [2.24, 2.45) is 7.05 Å². The van der Waals surface area contributed by atoms with Gasteiger partial charge in [-0.1, -0.05) is 6.07 Å². The van der Waals surface area contributed by atoms with Crippen molar-refractivity contribution in [1.82, 2.24) is 9.55 Å². The minimum atomic E-state index is 0.555. The lowest BCUT2D eigenvalue weighted by Gasteiger charge is -2.08. The Bertz CT molecular complexity index is 468. The average molecular weight is 216 g/mol. The highest BCUT2D eigenvalue weighted by molar-refractivity contribution is 5.33. The van der Waals surface area contributed by atoms with E-state index in [1.165, 1.54) is 11.1 Å². The molecule has 2 rings (SSSR count). The van der Waals surface area contributed by atoms with Gasteiger partial charge >= 0.3 is 0 Å². The van der Waals surface area contributed by atoms with E-state index in [0.29, 0.717) is 6.61 Å². The molecule has 0 aliphatic carbocycles. The second-order valence-corrected chi connectivity index (χ2v) is 4.11. The van der Waals surface area contributed by atoms with E-state index in [2.05, 4.69) is 24.9 Å². The van der Waals surface area contributed by atoms with Crippen molar-refractivity contribution in [2.45, 2.75) is 20.5 Å². The van der Waals surface area contributed by atoms with Crippen LogP contribution in [0.3, 0.4) is 0 Å². The van der Waals surface area contributed by atoms with Gasteiger partial charge in [-0.3, -0.25) is 0 Å². The minimum absolute atomic E-state index is 0.555. The van der Waals surface area contributed by atoms with Crippen LogP contribution >= 0.6 is 0 Å². The molecule has 1 aromatic carbocycles. The van der Waals surface area contributed by atoms with Crippen LogP contribution in [0.4, 0.5) is 0 Å². The summed E-state index contributed by atoms with van der Waals surface area (Å²) >= 11 is 0. The zero-order chi connectivity index (χ0) is 11.5. The standard InChI is InChI=1S/C13H16N2O/c1-10-4-11(2)6-13(5-10)16-8-12-7-14-9-15(12)3/h4-7,9H,8H2,1-3H3. The predicted octanol–water partition coefficient (Wildman–Crippen LogP) is 2.62. The van der Waals surface area contributed by atoms with Gasteiger partial charge in [-0.25, -0.2) is 4.98 Å². The molecule has 0 amide bonds. The zero-order valence-corrected chi connectivity index (χ0v) is 9.90. The number of hydrogen-bond donors (Lipinski definition) is 0. The molecule has 1 aromatic heterocycles. The molecule has 0 saturated heterocycles. The van der Waals surface area contributed by atoms with Crippen molar-refractivity contribution in [2.75, 3.05) is 0 Å². The first kappa shape index (κ1) is 10.7. The molecule has 0 spiro atoms. The smallest absolute Gasteiger partial charge is 0.130 e. The van der Waals surface area contributed by atoms with Gasteiger partial charge in [-0.15, -0.1) is 0 Å². The van der Waals surface area contributed by atoms with E-state index in [4.69, 9.17) is 4.74 Å². The van der Waals surface area contributed by atoms with Crippen LogP contribution < -0.4 is 4.74 Å². The third kappa shape index (κ3) is 2.42. The van der Waals surface area contributed by atoms with E-state index in [1.54, 1.807) is 6.33 Å². The summed E-state index contributed by atoms with van der Waals surface area (Å²) < 4.78 is 7.69. The molecule has 0 aliphatic rings. The molecule has 0 saturated carbocycles. The molecule has 0 unspecified atom stereocenters. The first-order chi connectivity index (χ1) is 7.65. The van der Waals surface area contributed by atoms with E-state index < -0.39 is 0 Å².